The first-order valence-corrected chi connectivity index (χ1v) is 5.17. The molecule has 0 saturated heterocycles. The van der Waals surface area contributed by atoms with E-state index >= 15 is 0 Å². The summed E-state index contributed by atoms with van der Waals surface area (Å²) >= 11 is 0. The van der Waals surface area contributed by atoms with E-state index in [1.54, 1.807) is 14.0 Å². The average Bonchev–Trinajstić information content (AvgIpc) is 2.37. The smallest absolute Gasteiger partial charge is 0.329 e. The fourth-order valence-electron chi connectivity index (χ4n) is 1.22. The monoisotopic (exact) mass is 254 g/mol. The first-order chi connectivity index (χ1) is 8.49. The number of aromatic nitrogens is 2. The van der Waals surface area contributed by atoms with E-state index in [1.807, 2.05) is 0 Å². The summed E-state index contributed by atoms with van der Waals surface area (Å²) in [7, 11) is 3.07. The minimum Gasteiger partial charge on any atom is -0.357 e. The van der Waals surface area contributed by atoms with Crippen LogP contribution in [0.3, 0.4) is 0 Å². The highest BCUT2D eigenvalue weighted by Crippen LogP contribution is 2.22. The molecule has 0 radical (unpaired) electrons. The molecule has 0 spiro atoms. The number of likely N-dealkylation sites (N-methyl/N-ethyl adjacent to an activating group) is 1. The first kappa shape index (κ1) is 13.6. The maximum Gasteiger partial charge on any atom is 0.329 e. The number of anilines is 2. The Balaban J connectivity index is 3.04. The van der Waals surface area contributed by atoms with Crippen LogP contribution in [0.1, 0.15) is 6.92 Å². The zero-order valence-corrected chi connectivity index (χ0v) is 10.2. The Morgan fingerprint density at radius 1 is 1.50 bits per heavy atom. The highest BCUT2D eigenvalue weighted by Gasteiger charge is 2.21. The van der Waals surface area contributed by atoms with Gasteiger partial charge in [0.15, 0.2) is 0 Å². The molecule has 0 aliphatic heterocycles. The number of nitrogens with one attached hydrogen (secondary N) is 3. The molecule has 9 nitrogen and oxygen atoms in total. The van der Waals surface area contributed by atoms with Crippen molar-refractivity contribution in [3.05, 3.63) is 16.3 Å². The van der Waals surface area contributed by atoms with Crippen LogP contribution >= 0.6 is 0 Å². The van der Waals surface area contributed by atoms with Crippen molar-refractivity contribution in [1.82, 2.24) is 15.3 Å². The van der Waals surface area contributed by atoms with Crippen LogP contribution in [-0.4, -0.2) is 40.9 Å². The SMILES string of the molecule is CNC(=O)C(C)Nc1nc(NC)ncc1[N+](=O)[O-]. The minimum atomic E-state index is -0.645. The average molecular weight is 254 g/mol. The van der Waals surface area contributed by atoms with Crippen LogP contribution in [0.5, 0.6) is 0 Å². The Morgan fingerprint density at radius 3 is 2.67 bits per heavy atom. The molecule has 1 rings (SSSR count). The molecule has 1 atom stereocenters. The molecule has 98 valence electrons. The third-order valence-corrected chi connectivity index (χ3v) is 2.18. The van der Waals surface area contributed by atoms with Crippen molar-refractivity contribution >= 4 is 23.4 Å². The lowest BCUT2D eigenvalue weighted by atomic mass is 10.3. The Kier molecular flexibility index (Phi) is 4.35. The van der Waals surface area contributed by atoms with E-state index in [1.165, 1.54) is 7.05 Å². The van der Waals surface area contributed by atoms with Gasteiger partial charge in [-0.05, 0) is 6.92 Å². The molecule has 18 heavy (non-hydrogen) atoms. The van der Waals surface area contributed by atoms with E-state index in [0.717, 1.165) is 6.20 Å². The molecular weight excluding hydrogens is 240 g/mol. The predicted octanol–water partition coefficient (Wildman–Crippen LogP) is -0.0271. The van der Waals surface area contributed by atoms with Crippen molar-refractivity contribution in [3.63, 3.8) is 0 Å². The van der Waals surface area contributed by atoms with Gasteiger partial charge in [-0.1, -0.05) is 0 Å². The second-order valence-corrected chi connectivity index (χ2v) is 3.41. The minimum absolute atomic E-state index is 0.00421. The van der Waals surface area contributed by atoms with Gasteiger partial charge in [0.2, 0.25) is 17.7 Å². The highest BCUT2D eigenvalue weighted by molar-refractivity contribution is 5.84. The maximum absolute atomic E-state index is 11.3. The van der Waals surface area contributed by atoms with E-state index in [9.17, 15) is 14.9 Å². The van der Waals surface area contributed by atoms with Gasteiger partial charge >= 0.3 is 5.69 Å². The summed E-state index contributed by atoms with van der Waals surface area (Å²) in [4.78, 5) is 29.2. The first-order valence-electron chi connectivity index (χ1n) is 5.17. The molecule has 1 amide bonds. The van der Waals surface area contributed by atoms with Gasteiger partial charge in [-0.25, -0.2) is 4.98 Å². The van der Waals surface area contributed by atoms with Gasteiger partial charge < -0.3 is 16.0 Å². The van der Waals surface area contributed by atoms with Gasteiger partial charge in [0, 0.05) is 14.1 Å². The summed E-state index contributed by atoms with van der Waals surface area (Å²) in [6.45, 7) is 1.57. The van der Waals surface area contributed by atoms with E-state index in [0.29, 0.717) is 0 Å². The Morgan fingerprint density at radius 2 is 2.17 bits per heavy atom. The van der Waals surface area contributed by atoms with Crippen LogP contribution in [-0.2, 0) is 4.79 Å². The van der Waals surface area contributed by atoms with E-state index < -0.39 is 11.0 Å². The highest BCUT2D eigenvalue weighted by atomic mass is 16.6. The normalized spacial score (nSPS) is 11.5. The second-order valence-electron chi connectivity index (χ2n) is 3.41. The predicted molar refractivity (Wildman–Crippen MR) is 65.4 cm³/mol. The van der Waals surface area contributed by atoms with Gasteiger partial charge in [-0.2, -0.15) is 4.98 Å². The number of nitrogens with zero attached hydrogens (tertiary/aromatic N) is 3. The molecule has 1 heterocycles. The zero-order valence-electron chi connectivity index (χ0n) is 10.2. The molecule has 3 N–H and O–H groups in total. The Hall–Kier alpha value is -2.45. The number of hydrogen-bond donors (Lipinski definition) is 3. The molecule has 0 aliphatic rings. The van der Waals surface area contributed by atoms with Gasteiger partial charge in [0.1, 0.15) is 12.2 Å². The van der Waals surface area contributed by atoms with Gasteiger partial charge in [0.05, 0.1) is 4.92 Å². The number of rotatable bonds is 5. The zero-order chi connectivity index (χ0) is 13.7. The number of amides is 1. The number of carbonyl (C=O) groups excluding carboxylic acids is 1. The fourth-order valence-corrected chi connectivity index (χ4v) is 1.22. The van der Waals surface area contributed by atoms with Crippen LogP contribution in [0.15, 0.2) is 6.20 Å². The largest absolute Gasteiger partial charge is 0.357 e. The molecule has 9 heteroatoms. The molecule has 0 saturated carbocycles. The number of carbonyl (C=O) groups is 1. The van der Waals surface area contributed by atoms with Crippen molar-refractivity contribution in [2.24, 2.45) is 0 Å². The summed E-state index contributed by atoms with van der Waals surface area (Å²) in [5.41, 5.74) is -0.287. The van der Waals surface area contributed by atoms with Crippen molar-refractivity contribution in [2.45, 2.75) is 13.0 Å². The molecule has 1 unspecified atom stereocenters. The molecule has 0 bridgehead atoms. The molecule has 0 fully saturated rings. The van der Waals surface area contributed by atoms with Gasteiger partial charge in [0.25, 0.3) is 0 Å². The van der Waals surface area contributed by atoms with E-state index in [4.69, 9.17) is 0 Å². The lowest BCUT2D eigenvalue weighted by Gasteiger charge is -2.13. The summed E-state index contributed by atoms with van der Waals surface area (Å²) in [6, 6.07) is -0.645. The van der Waals surface area contributed by atoms with Gasteiger partial charge in [-0.3, -0.25) is 14.9 Å². The van der Waals surface area contributed by atoms with Crippen LogP contribution in [0.4, 0.5) is 17.5 Å². The molecule has 1 aromatic heterocycles. The quantitative estimate of drug-likeness (QED) is 0.498. The number of hydrogen-bond acceptors (Lipinski definition) is 7. The van der Waals surface area contributed by atoms with Gasteiger partial charge in [-0.15, -0.1) is 0 Å². The fraction of sp³-hybridized carbons (Fsp3) is 0.444. The Labute approximate surface area is 103 Å². The lowest BCUT2D eigenvalue weighted by molar-refractivity contribution is -0.384. The van der Waals surface area contributed by atoms with Crippen molar-refractivity contribution < 1.29 is 9.72 Å². The molecule has 0 aromatic carbocycles. The molecule has 0 aliphatic carbocycles. The number of nitro groups is 1. The van der Waals surface area contributed by atoms with Crippen LogP contribution in [0, 0.1) is 10.1 Å². The molecule has 1 aromatic rings. The summed E-state index contributed by atoms with van der Waals surface area (Å²) in [5, 5.41) is 18.6. The summed E-state index contributed by atoms with van der Waals surface area (Å²) in [6.07, 6.45) is 1.08. The summed E-state index contributed by atoms with van der Waals surface area (Å²) in [5.74, 6) is -0.0726. The van der Waals surface area contributed by atoms with Crippen molar-refractivity contribution in [1.29, 1.82) is 0 Å². The maximum atomic E-state index is 11.3. The van der Waals surface area contributed by atoms with Crippen LogP contribution in [0.25, 0.3) is 0 Å². The van der Waals surface area contributed by atoms with Crippen LogP contribution < -0.4 is 16.0 Å². The topological polar surface area (TPSA) is 122 Å². The van der Waals surface area contributed by atoms with Crippen molar-refractivity contribution in [3.8, 4) is 0 Å². The van der Waals surface area contributed by atoms with Crippen molar-refractivity contribution in [2.75, 3.05) is 24.7 Å². The lowest BCUT2D eigenvalue weighted by Crippen LogP contribution is -2.35. The second kappa shape index (κ2) is 5.75. The third kappa shape index (κ3) is 3.03. The third-order valence-electron chi connectivity index (χ3n) is 2.18. The van der Waals surface area contributed by atoms with Crippen LogP contribution in [0.2, 0.25) is 0 Å². The Bertz CT molecular complexity index is 464. The molecular formula is C9H14N6O3. The van der Waals surface area contributed by atoms with E-state index in [2.05, 4.69) is 25.9 Å². The van der Waals surface area contributed by atoms with E-state index in [-0.39, 0.29) is 23.4 Å². The standard InChI is InChI=1S/C9H14N6O3/c1-5(8(16)10-2)13-7-6(15(17)18)4-12-9(11-3)14-7/h4-5H,1-3H3,(H,10,16)(H2,11,12,13,14). The summed E-state index contributed by atoms with van der Waals surface area (Å²) < 4.78 is 0.